The minimum atomic E-state index is 0.624. The van der Waals surface area contributed by atoms with Crippen LogP contribution in [0.1, 0.15) is 26.7 Å². The second-order valence-corrected chi connectivity index (χ2v) is 7.83. The monoisotopic (exact) mass is 426 g/mol. The van der Waals surface area contributed by atoms with E-state index >= 15 is 0 Å². The van der Waals surface area contributed by atoms with Crippen LogP contribution in [0.4, 0.5) is 5.69 Å². The van der Waals surface area contributed by atoms with Crippen LogP contribution in [0.3, 0.4) is 0 Å². The number of aromatic nitrogens is 1. The van der Waals surface area contributed by atoms with Gasteiger partial charge in [-0.25, -0.2) is 4.98 Å². The third kappa shape index (κ3) is 4.70. The Kier molecular flexibility index (Phi) is 6.90. The van der Waals surface area contributed by atoms with Crippen molar-refractivity contribution in [3.8, 4) is 39.8 Å². The summed E-state index contributed by atoms with van der Waals surface area (Å²) in [7, 11) is 1.67. The summed E-state index contributed by atoms with van der Waals surface area (Å²) in [6, 6.07) is 26.6. The van der Waals surface area contributed by atoms with E-state index in [4.69, 9.17) is 14.1 Å². The molecule has 0 radical (unpaired) electrons. The lowest BCUT2D eigenvalue weighted by Crippen LogP contribution is -2.24. The topological polar surface area (TPSA) is 38.5 Å². The fraction of sp³-hybridized carbons (Fsp3) is 0.250. The van der Waals surface area contributed by atoms with E-state index < -0.39 is 0 Å². The van der Waals surface area contributed by atoms with Crippen molar-refractivity contribution in [2.24, 2.45) is 0 Å². The van der Waals surface area contributed by atoms with E-state index in [0.29, 0.717) is 5.89 Å². The van der Waals surface area contributed by atoms with Crippen molar-refractivity contribution in [2.45, 2.75) is 26.7 Å². The SMILES string of the molecule is CCCN(CCC)c1ccc(-c2nc(-c3ccc(OC)cc3)c(-c3ccccc3)o2)cc1. The summed E-state index contributed by atoms with van der Waals surface area (Å²) < 4.78 is 11.6. The van der Waals surface area contributed by atoms with Crippen molar-refractivity contribution in [2.75, 3.05) is 25.1 Å². The number of hydrogen-bond acceptors (Lipinski definition) is 4. The molecular weight excluding hydrogens is 396 g/mol. The van der Waals surface area contributed by atoms with E-state index in [1.807, 2.05) is 54.6 Å². The summed E-state index contributed by atoms with van der Waals surface area (Å²) in [5.74, 6) is 2.21. The summed E-state index contributed by atoms with van der Waals surface area (Å²) in [6.45, 7) is 6.56. The average Bonchev–Trinajstić information content (AvgIpc) is 3.30. The number of ether oxygens (including phenoxy) is 1. The Morgan fingerprint density at radius 1 is 0.750 bits per heavy atom. The first kappa shape index (κ1) is 21.7. The summed E-state index contributed by atoms with van der Waals surface area (Å²) in [6.07, 6.45) is 2.26. The number of benzene rings is 3. The highest BCUT2D eigenvalue weighted by Gasteiger charge is 2.18. The van der Waals surface area contributed by atoms with Gasteiger partial charge in [-0.1, -0.05) is 44.2 Å². The second-order valence-electron chi connectivity index (χ2n) is 7.83. The van der Waals surface area contributed by atoms with Gasteiger partial charge in [0.05, 0.1) is 7.11 Å². The standard InChI is InChI=1S/C28H30N2O2/c1-4-19-30(20-5-2)24-15-11-23(12-16-24)28-29-26(21-13-17-25(31-3)18-14-21)27(32-28)22-9-7-6-8-10-22/h6-18H,4-5,19-20H2,1-3H3. The highest BCUT2D eigenvalue weighted by molar-refractivity contribution is 5.79. The van der Waals surface area contributed by atoms with Crippen LogP contribution in [-0.4, -0.2) is 25.2 Å². The Morgan fingerprint density at radius 2 is 1.38 bits per heavy atom. The molecule has 0 aliphatic rings. The molecule has 0 saturated carbocycles. The van der Waals surface area contributed by atoms with Crippen LogP contribution in [0.15, 0.2) is 83.3 Å². The number of hydrogen-bond donors (Lipinski definition) is 0. The maximum atomic E-state index is 6.34. The molecule has 4 aromatic rings. The minimum Gasteiger partial charge on any atom is -0.497 e. The fourth-order valence-corrected chi connectivity index (χ4v) is 3.90. The summed E-state index contributed by atoms with van der Waals surface area (Å²) >= 11 is 0. The molecule has 0 unspecified atom stereocenters. The van der Waals surface area contributed by atoms with Crippen LogP contribution in [-0.2, 0) is 0 Å². The average molecular weight is 427 g/mol. The quantitative estimate of drug-likeness (QED) is 0.281. The van der Waals surface area contributed by atoms with Crippen molar-refractivity contribution < 1.29 is 9.15 Å². The van der Waals surface area contributed by atoms with Crippen LogP contribution in [0.25, 0.3) is 34.0 Å². The maximum Gasteiger partial charge on any atom is 0.227 e. The second kappa shape index (κ2) is 10.2. The summed E-state index contributed by atoms with van der Waals surface area (Å²) in [4.78, 5) is 7.34. The first-order valence-corrected chi connectivity index (χ1v) is 11.3. The lowest BCUT2D eigenvalue weighted by Gasteiger charge is -2.23. The van der Waals surface area contributed by atoms with Gasteiger partial charge in [-0.3, -0.25) is 0 Å². The van der Waals surface area contributed by atoms with E-state index in [1.165, 1.54) is 5.69 Å². The molecule has 4 nitrogen and oxygen atoms in total. The fourth-order valence-electron chi connectivity index (χ4n) is 3.90. The molecule has 0 saturated heterocycles. The predicted molar refractivity (Wildman–Crippen MR) is 132 cm³/mol. The van der Waals surface area contributed by atoms with Crippen LogP contribution in [0, 0.1) is 0 Å². The van der Waals surface area contributed by atoms with Gasteiger partial charge in [-0.15, -0.1) is 0 Å². The first-order valence-electron chi connectivity index (χ1n) is 11.3. The Labute approximate surface area is 190 Å². The molecular formula is C28H30N2O2. The number of methoxy groups -OCH3 is 1. The van der Waals surface area contributed by atoms with Crippen LogP contribution in [0.2, 0.25) is 0 Å². The van der Waals surface area contributed by atoms with Crippen molar-refractivity contribution in [3.63, 3.8) is 0 Å². The molecule has 3 aromatic carbocycles. The van der Waals surface area contributed by atoms with E-state index in [0.717, 1.165) is 59.8 Å². The molecule has 4 heteroatoms. The molecule has 1 aromatic heterocycles. The lowest BCUT2D eigenvalue weighted by atomic mass is 10.1. The van der Waals surface area contributed by atoms with Crippen LogP contribution < -0.4 is 9.64 Å². The molecule has 164 valence electrons. The highest BCUT2D eigenvalue weighted by Crippen LogP contribution is 2.36. The Bertz CT molecular complexity index is 1110. The number of nitrogens with zero attached hydrogens (tertiary/aromatic N) is 2. The van der Waals surface area contributed by atoms with Gasteiger partial charge in [-0.2, -0.15) is 0 Å². The zero-order chi connectivity index (χ0) is 22.3. The zero-order valence-corrected chi connectivity index (χ0v) is 19.0. The van der Waals surface area contributed by atoms with Crippen molar-refractivity contribution in [3.05, 3.63) is 78.9 Å². The molecule has 0 aliphatic heterocycles. The largest absolute Gasteiger partial charge is 0.497 e. The minimum absolute atomic E-state index is 0.624. The van der Waals surface area contributed by atoms with E-state index in [1.54, 1.807) is 7.11 Å². The van der Waals surface area contributed by atoms with Crippen LogP contribution >= 0.6 is 0 Å². The molecule has 1 heterocycles. The van der Waals surface area contributed by atoms with E-state index in [-0.39, 0.29) is 0 Å². The molecule has 0 amide bonds. The molecule has 0 bridgehead atoms. The van der Waals surface area contributed by atoms with E-state index in [9.17, 15) is 0 Å². The van der Waals surface area contributed by atoms with Crippen molar-refractivity contribution >= 4 is 5.69 Å². The predicted octanol–water partition coefficient (Wildman–Crippen LogP) is 7.31. The van der Waals surface area contributed by atoms with Gasteiger partial charge in [0, 0.05) is 35.5 Å². The van der Waals surface area contributed by atoms with E-state index in [2.05, 4.69) is 43.0 Å². The van der Waals surface area contributed by atoms with Crippen molar-refractivity contribution in [1.29, 1.82) is 0 Å². The van der Waals surface area contributed by atoms with Gasteiger partial charge >= 0.3 is 0 Å². The van der Waals surface area contributed by atoms with Gasteiger partial charge < -0.3 is 14.1 Å². The third-order valence-corrected chi connectivity index (χ3v) is 5.49. The molecule has 32 heavy (non-hydrogen) atoms. The van der Waals surface area contributed by atoms with Gasteiger partial charge in [0.15, 0.2) is 5.76 Å². The van der Waals surface area contributed by atoms with Crippen LogP contribution in [0.5, 0.6) is 5.75 Å². The summed E-state index contributed by atoms with van der Waals surface area (Å²) in [5.41, 5.74) is 5.04. The van der Waals surface area contributed by atoms with Gasteiger partial charge in [0.25, 0.3) is 0 Å². The number of oxazole rings is 1. The smallest absolute Gasteiger partial charge is 0.227 e. The zero-order valence-electron chi connectivity index (χ0n) is 19.0. The molecule has 0 fully saturated rings. The summed E-state index contributed by atoms with van der Waals surface area (Å²) in [5, 5.41) is 0. The Hall–Kier alpha value is -3.53. The Morgan fingerprint density at radius 3 is 1.97 bits per heavy atom. The first-order chi connectivity index (χ1) is 15.7. The van der Waals surface area contributed by atoms with Crippen molar-refractivity contribution in [1.82, 2.24) is 4.98 Å². The molecule has 0 spiro atoms. The Balaban J connectivity index is 1.72. The van der Waals surface area contributed by atoms with Gasteiger partial charge in [-0.05, 0) is 61.4 Å². The van der Waals surface area contributed by atoms with Gasteiger partial charge in [0.2, 0.25) is 5.89 Å². The third-order valence-electron chi connectivity index (χ3n) is 5.49. The molecule has 4 rings (SSSR count). The van der Waals surface area contributed by atoms with Gasteiger partial charge in [0.1, 0.15) is 11.4 Å². The molecule has 0 aliphatic carbocycles. The highest BCUT2D eigenvalue weighted by atomic mass is 16.5. The molecule has 0 atom stereocenters. The maximum absolute atomic E-state index is 6.34. The number of anilines is 1. The molecule has 0 N–H and O–H groups in total. The lowest BCUT2D eigenvalue weighted by molar-refractivity contribution is 0.415. The number of rotatable bonds is 9. The normalized spacial score (nSPS) is 10.8.